The summed E-state index contributed by atoms with van der Waals surface area (Å²) in [5.74, 6) is -0.748. The largest absolute Gasteiger partial charge is 0.438 e. The zero-order valence-corrected chi connectivity index (χ0v) is 26.7. The third kappa shape index (κ3) is 8.81. The first kappa shape index (κ1) is 32.3. The lowest BCUT2D eigenvalue weighted by Gasteiger charge is -2.29. The van der Waals surface area contributed by atoms with Gasteiger partial charge in [-0.15, -0.1) is 0 Å². The van der Waals surface area contributed by atoms with Crippen LogP contribution in [0.4, 0.5) is 4.39 Å². The number of hydrogen-bond acceptors (Lipinski definition) is 7. The Hall–Kier alpha value is -4.61. The Morgan fingerprint density at radius 1 is 0.936 bits per heavy atom. The quantitative estimate of drug-likeness (QED) is 0.182. The van der Waals surface area contributed by atoms with E-state index in [4.69, 9.17) is 4.74 Å². The lowest BCUT2D eigenvalue weighted by atomic mass is 9.91. The van der Waals surface area contributed by atoms with Crippen molar-refractivity contribution in [3.63, 3.8) is 0 Å². The summed E-state index contributed by atoms with van der Waals surface area (Å²) in [6.07, 6.45) is 5.97. The van der Waals surface area contributed by atoms with Crippen LogP contribution in [-0.2, 0) is 6.42 Å². The maximum atomic E-state index is 14.3. The molecule has 10 nitrogen and oxygen atoms in total. The molecule has 11 heteroatoms. The number of benzene rings is 2. The first-order valence-electron chi connectivity index (χ1n) is 16.5. The molecule has 47 heavy (non-hydrogen) atoms. The molecule has 1 aliphatic carbocycles. The van der Waals surface area contributed by atoms with Crippen molar-refractivity contribution in [1.82, 2.24) is 36.0 Å². The highest BCUT2D eigenvalue weighted by Gasteiger charge is 2.26. The molecule has 0 radical (unpaired) electrons. The molecular weight excluding hydrogens is 597 g/mol. The molecule has 2 fully saturated rings. The maximum Gasteiger partial charge on any atom is 0.271 e. The minimum absolute atomic E-state index is 0.00623. The molecule has 0 unspecified atom stereocenters. The second-order valence-corrected chi connectivity index (χ2v) is 12.5. The van der Waals surface area contributed by atoms with E-state index in [1.54, 1.807) is 12.1 Å². The van der Waals surface area contributed by atoms with E-state index >= 15 is 0 Å². The topological polar surface area (TPSA) is 124 Å². The highest BCUT2D eigenvalue weighted by Crippen LogP contribution is 2.29. The van der Waals surface area contributed by atoms with E-state index < -0.39 is 11.7 Å². The average molecular weight is 640 g/mol. The molecule has 0 bridgehead atoms. The molecule has 2 amide bonds. The summed E-state index contributed by atoms with van der Waals surface area (Å²) in [6, 6.07) is 18.9. The summed E-state index contributed by atoms with van der Waals surface area (Å²) in [5.41, 5.74) is 4.54. The molecule has 246 valence electrons. The first-order valence-corrected chi connectivity index (χ1v) is 16.5. The Balaban J connectivity index is 1.03. The highest BCUT2D eigenvalue weighted by molar-refractivity contribution is 5.96. The second-order valence-electron chi connectivity index (χ2n) is 12.5. The first-order chi connectivity index (χ1) is 22.9. The molecule has 4 N–H and O–H groups in total. The lowest BCUT2D eigenvalue weighted by Crippen LogP contribution is -2.44. The summed E-state index contributed by atoms with van der Waals surface area (Å²) in [5, 5.41) is 16.2. The number of amides is 2. The van der Waals surface area contributed by atoms with E-state index in [2.05, 4.69) is 60.3 Å². The summed E-state index contributed by atoms with van der Waals surface area (Å²) >= 11 is 0. The van der Waals surface area contributed by atoms with Gasteiger partial charge in [-0.1, -0.05) is 36.4 Å². The number of carbonyl (C=O) groups excluding carboxylic acids is 2. The van der Waals surface area contributed by atoms with Crippen molar-refractivity contribution in [3.8, 4) is 22.8 Å². The molecule has 1 saturated carbocycles. The molecule has 4 aromatic rings. The van der Waals surface area contributed by atoms with Crippen LogP contribution in [0, 0.1) is 12.7 Å². The van der Waals surface area contributed by atoms with Crippen LogP contribution < -0.4 is 20.7 Å². The summed E-state index contributed by atoms with van der Waals surface area (Å²) in [7, 11) is 0. The number of ether oxygens (including phenoxy) is 1. The summed E-state index contributed by atoms with van der Waals surface area (Å²) in [6.45, 7) is 7.34. The van der Waals surface area contributed by atoms with Crippen LogP contribution in [0.15, 0.2) is 66.9 Å². The van der Waals surface area contributed by atoms with Crippen LogP contribution >= 0.6 is 0 Å². The monoisotopic (exact) mass is 639 g/mol. The number of H-pyrrole nitrogens is 1. The number of aryl methyl sites for hydroxylation is 2. The molecule has 2 aromatic carbocycles. The standard InChI is InChI=1S/C36H42FN7O3/c1-24-20-33(43-42-24)35(46)41-30-13-11-29(12-14-30)40-34(45)32-22-28(37)23-39-36(32)47-31-6-2-5-27(21-31)26-9-7-25(8-10-26)4-3-17-44-18-15-38-16-19-44/h2,5-10,20-23,29-30,38H,3-4,11-19H2,1H3,(H,40,45)(H,41,46)(H,42,43)/t29-,30-. The number of carbonyl (C=O) groups is 2. The van der Waals surface area contributed by atoms with Crippen molar-refractivity contribution in [3.05, 3.63) is 95.2 Å². The fourth-order valence-corrected chi connectivity index (χ4v) is 6.27. The van der Waals surface area contributed by atoms with Gasteiger partial charge in [-0.25, -0.2) is 9.37 Å². The number of halogens is 1. The molecule has 6 rings (SSSR count). The third-order valence-corrected chi connectivity index (χ3v) is 8.88. The molecule has 2 aliphatic rings. The molecule has 0 spiro atoms. The predicted molar refractivity (Wildman–Crippen MR) is 178 cm³/mol. The average Bonchev–Trinajstić information content (AvgIpc) is 3.54. The van der Waals surface area contributed by atoms with Crippen molar-refractivity contribution in [2.75, 3.05) is 32.7 Å². The molecule has 3 heterocycles. The minimum atomic E-state index is -0.621. The lowest BCUT2D eigenvalue weighted by molar-refractivity contribution is 0.0887. The number of piperazine rings is 1. The van der Waals surface area contributed by atoms with E-state index in [0.717, 1.165) is 74.6 Å². The van der Waals surface area contributed by atoms with E-state index in [9.17, 15) is 14.0 Å². The molecule has 0 atom stereocenters. The molecule has 2 aromatic heterocycles. The van der Waals surface area contributed by atoms with Gasteiger partial charge < -0.3 is 25.6 Å². The van der Waals surface area contributed by atoms with Gasteiger partial charge >= 0.3 is 0 Å². The maximum absolute atomic E-state index is 14.3. The number of rotatable bonds is 11. The van der Waals surface area contributed by atoms with E-state index in [-0.39, 0.29) is 29.4 Å². The van der Waals surface area contributed by atoms with Crippen molar-refractivity contribution < 1.29 is 18.7 Å². The van der Waals surface area contributed by atoms with Crippen LogP contribution in [0.25, 0.3) is 11.1 Å². The Labute approximate surface area is 274 Å². The van der Waals surface area contributed by atoms with Gasteiger partial charge in [0.1, 0.15) is 22.8 Å². The zero-order chi connectivity index (χ0) is 32.6. The SMILES string of the molecule is Cc1cc(C(=O)N[C@H]2CC[C@H](NC(=O)c3cc(F)cnc3Oc3cccc(-c4ccc(CCCN5CCNCC5)cc4)c3)CC2)n[nH]1. The Kier molecular flexibility index (Phi) is 10.5. The highest BCUT2D eigenvalue weighted by atomic mass is 19.1. The van der Waals surface area contributed by atoms with E-state index in [1.807, 2.05) is 25.1 Å². The van der Waals surface area contributed by atoms with Crippen LogP contribution in [-0.4, -0.2) is 76.7 Å². The fourth-order valence-electron chi connectivity index (χ4n) is 6.27. The van der Waals surface area contributed by atoms with Crippen LogP contribution in [0.3, 0.4) is 0 Å². The van der Waals surface area contributed by atoms with Crippen molar-refractivity contribution in [2.45, 2.75) is 57.5 Å². The Bertz CT molecular complexity index is 1660. The van der Waals surface area contributed by atoms with Gasteiger partial charge in [0, 0.05) is 44.0 Å². The number of pyridine rings is 1. The summed E-state index contributed by atoms with van der Waals surface area (Å²) in [4.78, 5) is 32.4. The van der Waals surface area contributed by atoms with Crippen molar-refractivity contribution in [2.24, 2.45) is 0 Å². The van der Waals surface area contributed by atoms with Crippen LogP contribution in [0.1, 0.15) is 64.2 Å². The molecule has 1 saturated heterocycles. The van der Waals surface area contributed by atoms with Crippen LogP contribution in [0.2, 0.25) is 0 Å². The number of aromatic amines is 1. The Morgan fingerprint density at radius 2 is 1.66 bits per heavy atom. The zero-order valence-electron chi connectivity index (χ0n) is 26.7. The van der Waals surface area contributed by atoms with Gasteiger partial charge in [0.25, 0.3) is 11.8 Å². The van der Waals surface area contributed by atoms with E-state index in [1.165, 1.54) is 5.56 Å². The van der Waals surface area contributed by atoms with Crippen LogP contribution in [0.5, 0.6) is 11.6 Å². The second kappa shape index (κ2) is 15.3. The smallest absolute Gasteiger partial charge is 0.271 e. The van der Waals surface area contributed by atoms with Crippen molar-refractivity contribution in [1.29, 1.82) is 0 Å². The summed E-state index contributed by atoms with van der Waals surface area (Å²) < 4.78 is 20.4. The van der Waals surface area contributed by atoms with Crippen molar-refractivity contribution >= 4 is 11.8 Å². The number of hydrogen-bond donors (Lipinski definition) is 4. The third-order valence-electron chi connectivity index (χ3n) is 8.88. The number of nitrogens with zero attached hydrogens (tertiary/aromatic N) is 3. The fraction of sp³-hybridized carbons (Fsp3) is 0.389. The molecular formula is C36H42FN7O3. The van der Waals surface area contributed by atoms with Gasteiger partial charge in [0.15, 0.2) is 0 Å². The van der Waals surface area contributed by atoms with Gasteiger partial charge in [-0.2, -0.15) is 5.10 Å². The predicted octanol–water partition coefficient (Wildman–Crippen LogP) is 5.02. The van der Waals surface area contributed by atoms with Gasteiger partial charge in [-0.3, -0.25) is 14.7 Å². The van der Waals surface area contributed by atoms with Gasteiger partial charge in [0.2, 0.25) is 5.88 Å². The number of nitrogens with one attached hydrogen (secondary N) is 4. The normalized spacial score (nSPS) is 18.4. The Morgan fingerprint density at radius 3 is 2.36 bits per heavy atom. The minimum Gasteiger partial charge on any atom is -0.438 e. The van der Waals surface area contributed by atoms with Gasteiger partial charge in [0.05, 0.1) is 6.20 Å². The van der Waals surface area contributed by atoms with E-state index in [0.29, 0.717) is 37.1 Å². The molecule has 1 aliphatic heterocycles. The number of aromatic nitrogens is 3. The van der Waals surface area contributed by atoms with Gasteiger partial charge in [-0.05, 0) is 92.9 Å².